The van der Waals surface area contributed by atoms with Gasteiger partial charge in [-0.2, -0.15) is 0 Å². The van der Waals surface area contributed by atoms with Crippen molar-refractivity contribution in [1.29, 1.82) is 0 Å². The number of ether oxygens (including phenoxy) is 1. The topological polar surface area (TPSA) is 59.1 Å². The second kappa shape index (κ2) is 11.3. The Labute approximate surface area is 229 Å². The molecule has 3 atom stereocenters. The monoisotopic (exact) mass is 512 g/mol. The minimum atomic E-state index is -0.339. The second-order valence-electron chi connectivity index (χ2n) is 9.83. The quantitative estimate of drug-likeness (QED) is 0.243. The van der Waals surface area contributed by atoms with Gasteiger partial charge in [0.2, 0.25) is 0 Å². The van der Waals surface area contributed by atoms with Crippen LogP contribution in [-0.2, 0) is 4.74 Å². The smallest absolute Gasteiger partial charge is 0.137 e. The van der Waals surface area contributed by atoms with Gasteiger partial charge in [-0.3, -0.25) is 15.3 Å². The fourth-order valence-corrected chi connectivity index (χ4v) is 5.43. The predicted molar refractivity (Wildman–Crippen MR) is 157 cm³/mol. The average Bonchev–Trinajstić information content (AvgIpc) is 3.51. The zero-order chi connectivity index (χ0) is 26.6. The van der Waals surface area contributed by atoms with Crippen molar-refractivity contribution in [2.45, 2.75) is 25.2 Å². The molecule has 3 heterocycles. The fraction of sp³-hybridized carbons (Fsp3) is 0.176. The Balaban J connectivity index is 1.55. The van der Waals surface area contributed by atoms with Gasteiger partial charge in [0.25, 0.3) is 0 Å². The fourth-order valence-electron chi connectivity index (χ4n) is 5.43. The van der Waals surface area contributed by atoms with Gasteiger partial charge in [0, 0.05) is 29.6 Å². The van der Waals surface area contributed by atoms with E-state index in [0.29, 0.717) is 6.61 Å². The number of nitrogens with one attached hydrogen (secondary N) is 2. The van der Waals surface area contributed by atoms with Gasteiger partial charge in [-0.1, -0.05) is 91.0 Å². The Morgan fingerprint density at radius 3 is 1.95 bits per heavy atom. The van der Waals surface area contributed by atoms with Crippen molar-refractivity contribution >= 4 is 0 Å². The molecule has 0 saturated carbocycles. The summed E-state index contributed by atoms with van der Waals surface area (Å²) >= 11 is 0. The lowest BCUT2D eigenvalue weighted by molar-refractivity contribution is 0.101. The van der Waals surface area contributed by atoms with Gasteiger partial charge in [-0.05, 0) is 53.9 Å². The van der Waals surface area contributed by atoms with Crippen LogP contribution in [0.25, 0.3) is 33.6 Å². The molecule has 0 bridgehead atoms. The lowest BCUT2D eigenvalue weighted by atomic mass is 9.90. The Morgan fingerprint density at radius 1 is 0.744 bits per heavy atom. The number of aromatic nitrogens is 2. The highest BCUT2D eigenvalue weighted by atomic mass is 16.5. The number of pyridine rings is 2. The van der Waals surface area contributed by atoms with Crippen LogP contribution in [0.4, 0.5) is 0 Å². The molecular weight excluding hydrogens is 480 g/mol. The highest BCUT2D eigenvalue weighted by molar-refractivity contribution is 5.81. The van der Waals surface area contributed by atoms with Crippen molar-refractivity contribution in [3.8, 4) is 33.6 Å². The molecule has 6 rings (SSSR count). The minimum absolute atomic E-state index is 0.0495. The van der Waals surface area contributed by atoms with Crippen LogP contribution < -0.4 is 10.6 Å². The third-order valence-electron chi connectivity index (χ3n) is 7.49. The van der Waals surface area contributed by atoms with Crippen LogP contribution in [0.5, 0.6) is 0 Å². The van der Waals surface area contributed by atoms with Gasteiger partial charge >= 0.3 is 0 Å². The van der Waals surface area contributed by atoms with E-state index in [1.165, 1.54) is 5.56 Å². The number of rotatable bonds is 7. The maximum Gasteiger partial charge on any atom is 0.137 e. The number of hydrogen-bond donors (Lipinski definition) is 2. The summed E-state index contributed by atoms with van der Waals surface area (Å²) < 4.78 is 6.48. The lowest BCUT2D eigenvalue weighted by Crippen LogP contribution is -2.21. The molecule has 39 heavy (non-hydrogen) atoms. The molecule has 1 aliphatic heterocycles. The Hall–Kier alpha value is -4.16. The first kappa shape index (κ1) is 25.1. The SMILES string of the molecule is CNC(C)c1c(-c2ccccc2)ccnc1-c1nccc(-c2ccccc2)c1C1NC(c2ccccc2)CO1. The molecular formula is C34H32N4O. The highest BCUT2D eigenvalue weighted by Gasteiger charge is 2.33. The number of nitrogens with zero attached hydrogens (tertiary/aromatic N) is 2. The molecule has 2 N–H and O–H groups in total. The van der Waals surface area contributed by atoms with E-state index in [1.54, 1.807) is 0 Å². The molecule has 2 aromatic heterocycles. The summed E-state index contributed by atoms with van der Waals surface area (Å²) in [6, 6.07) is 35.7. The first-order chi connectivity index (χ1) is 19.2. The number of hydrogen-bond acceptors (Lipinski definition) is 5. The predicted octanol–water partition coefficient (Wildman–Crippen LogP) is 7.12. The highest BCUT2D eigenvalue weighted by Crippen LogP contribution is 2.42. The third-order valence-corrected chi connectivity index (χ3v) is 7.49. The van der Waals surface area contributed by atoms with Gasteiger partial charge in [0.15, 0.2) is 0 Å². The summed E-state index contributed by atoms with van der Waals surface area (Å²) in [4.78, 5) is 9.94. The number of benzene rings is 3. The largest absolute Gasteiger partial charge is 0.357 e. The van der Waals surface area contributed by atoms with Crippen LogP contribution in [0.1, 0.15) is 41.9 Å². The van der Waals surface area contributed by atoms with Crippen molar-refractivity contribution in [3.05, 3.63) is 132 Å². The van der Waals surface area contributed by atoms with E-state index in [0.717, 1.165) is 44.8 Å². The molecule has 0 radical (unpaired) electrons. The van der Waals surface area contributed by atoms with Crippen LogP contribution in [-0.4, -0.2) is 23.6 Å². The van der Waals surface area contributed by atoms with E-state index in [2.05, 4.69) is 102 Å². The normalized spacial score (nSPS) is 17.7. The van der Waals surface area contributed by atoms with Crippen molar-refractivity contribution in [1.82, 2.24) is 20.6 Å². The Morgan fingerprint density at radius 2 is 1.31 bits per heavy atom. The lowest BCUT2D eigenvalue weighted by Gasteiger charge is -2.24. The van der Waals surface area contributed by atoms with Gasteiger partial charge in [0.1, 0.15) is 6.23 Å². The maximum absolute atomic E-state index is 6.48. The first-order valence-electron chi connectivity index (χ1n) is 13.4. The Kier molecular flexibility index (Phi) is 7.28. The minimum Gasteiger partial charge on any atom is -0.357 e. The summed E-state index contributed by atoms with van der Waals surface area (Å²) in [6.45, 7) is 2.75. The molecule has 5 aromatic rings. The second-order valence-corrected chi connectivity index (χ2v) is 9.83. The van der Waals surface area contributed by atoms with Crippen LogP contribution in [0.2, 0.25) is 0 Å². The van der Waals surface area contributed by atoms with Crippen LogP contribution in [0.3, 0.4) is 0 Å². The standard InChI is InChI=1S/C34H32N4O/c1-23(35-2)30-27(24-12-6-3-7-13-24)18-20-36-32(30)33-31(28(19-21-37-33)25-14-8-4-9-15-25)34-38-29(22-39-34)26-16-10-5-11-17-26/h3-21,23,29,34-35,38H,22H2,1-2H3. The zero-order valence-electron chi connectivity index (χ0n) is 22.2. The van der Waals surface area contributed by atoms with E-state index in [1.807, 2.05) is 37.6 Å². The summed E-state index contributed by atoms with van der Waals surface area (Å²) in [5.41, 5.74) is 9.51. The van der Waals surface area contributed by atoms with E-state index in [-0.39, 0.29) is 18.3 Å². The van der Waals surface area contributed by atoms with E-state index >= 15 is 0 Å². The molecule has 0 spiro atoms. The molecule has 194 valence electrons. The van der Waals surface area contributed by atoms with Crippen molar-refractivity contribution in [2.24, 2.45) is 0 Å². The molecule has 5 nitrogen and oxygen atoms in total. The first-order valence-corrected chi connectivity index (χ1v) is 13.4. The molecule has 1 aliphatic rings. The molecule has 1 saturated heterocycles. The van der Waals surface area contributed by atoms with E-state index < -0.39 is 0 Å². The Bertz CT molecular complexity index is 1540. The third kappa shape index (κ3) is 5.00. The van der Waals surface area contributed by atoms with Gasteiger partial charge < -0.3 is 10.1 Å². The van der Waals surface area contributed by atoms with Gasteiger partial charge in [0.05, 0.1) is 24.0 Å². The summed E-state index contributed by atoms with van der Waals surface area (Å²) in [6.07, 6.45) is 3.43. The molecule has 0 amide bonds. The van der Waals surface area contributed by atoms with Crippen LogP contribution in [0, 0.1) is 0 Å². The van der Waals surface area contributed by atoms with E-state index in [4.69, 9.17) is 14.7 Å². The van der Waals surface area contributed by atoms with Crippen molar-refractivity contribution in [2.75, 3.05) is 13.7 Å². The molecule has 1 fully saturated rings. The molecule has 3 aromatic carbocycles. The maximum atomic E-state index is 6.48. The summed E-state index contributed by atoms with van der Waals surface area (Å²) in [5.74, 6) is 0. The van der Waals surface area contributed by atoms with Crippen molar-refractivity contribution < 1.29 is 4.74 Å². The van der Waals surface area contributed by atoms with Crippen LogP contribution in [0.15, 0.2) is 116 Å². The average molecular weight is 513 g/mol. The summed E-state index contributed by atoms with van der Waals surface area (Å²) in [7, 11) is 1.98. The van der Waals surface area contributed by atoms with Gasteiger partial charge in [-0.25, -0.2) is 0 Å². The van der Waals surface area contributed by atoms with Crippen molar-refractivity contribution in [3.63, 3.8) is 0 Å². The molecule has 0 aliphatic carbocycles. The van der Waals surface area contributed by atoms with Crippen LogP contribution >= 0.6 is 0 Å². The zero-order valence-corrected chi connectivity index (χ0v) is 22.2. The van der Waals surface area contributed by atoms with E-state index in [9.17, 15) is 0 Å². The van der Waals surface area contributed by atoms with Gasteiger partial charge in [-0.15, -0.1) is 0 Å². The summed E-state index contributed by atoms with van der Waals surface area (Å²) in [5, 5.41) is 7.20. The molecule has 5 heteroatoms. The molecule has 3 unspecified atom stereocenters.